The summed E-state index contributed by atoms with van der Waals surface area (Å²) in [6.07, 6.45) is 4.36. The minimum absolute atomic E-state index is 0.362. The van der Waals surface area contributed by atoms with Crippen molar-refractivity contribution in [3.05, 3.63) is 17.5 Å². The molecule has 4 heteroatoms. The molecule has 1 aromatic heterocycles. The van der Waals surface area contributed by atoms with Gasteiger partial charge in [-0.1, -0.05) is 6.92 Å². The van der Waals surface area contributed by atoms with Crippen LogP contribution in [0.25, 0.3) is 0 Å². The summed E-state index contributed by atoms with van der Waals surface area (Å²) in [5, 5.41) is 15.1. The molecule has 20 heavy (non-hydrogen) atoms. The molecule has 0 bridgehead atoms. The number of aromatic nitrogens is 2. The van der Waals surface area contributed by atoms with E-state index in [0.717, 1.165) is 43.0 Å². The van der Waals surface area contributed by atoms with Crippen molar-refractivity contribution >= 4 is 0 Å². The molecule has 0 radical (unpaired) electrons. The van der Waals surface area contributed by atoms with E-state index >= 15 is 0 Å². The van der Waals surface area contributed by atoms with Gasteiger partial charge in [0.25, 0.3) is 0 Å². The number of hydrogen-bond donors (Lipinski definition) is 1. The fourth-order valence-electron chi connectivity index (χ4n) is 3.35. The fourth-order valence-corrected chi connectivity index (χ4v) is 3.35. The average molecular weight is 280 g/mol. The van der Waals surface area contributed by atoms with E-state index in [0.29, 0.717) is 13.0 Å². The van der Waals surface area contributed by atoms with Crippen molar-refractivity contribution in [1.82, 2.24) is 9.78 Å². The van der Waals surface area contributed by atoms with Crippen molar-refractivity contribution in [2.45, 2.75) is 64.6 Å². The largest absolute Gasteiger partial charge is 0.390 e. The molecule has 0 aromatic carbocycles. The summed E-state index contributed by atoms with van der Waals surface area (Å²) >= 11 is 0. The number of ether oxygens (including phenoxy) is 1. The van der Waals surface area contributed by atoms with Crippen LogP contribution in [0.15, 0.2) is 6.07 Å². The van der Waals surface area contributed by atoms with E-state index in [4.69, 9.17) is 4.74 Å². The number of aliphatic hydroxyl groups is 1. The van der Waals surface area contributed by atoms with E-state index in [1.54, 1.807) is 0 Å². The number of aliphatic hydroxyl groups excluding tert-OH is 1. The molecule has 114 valence electrons. The van der Waals surface area contributed by atoms with Crippen LogP contribution in [0.4, 0.5) is 0 Å². The third-order valence-corrected chi connectivity index (χ3v) is 4.66. The summed E-state index contributed by atoms with van der Waals surface area (Å²) in [5.74, 6) is 0.745. The summed E-state index contributed by atoms with van der Waals surface area (Å²) in [5.41, 5.74) is 1.71. The summed E-state index contributed by atoms with van der Waals surface area (Å²) in [6, 6.07) is 2.05. The van der Waals surface area contributed by atoms with Gasteiger partial charge in [0.15, 0.2) is 0 Å². The summed E-state index contributed by atoms with van der Waals surface area (Å²) in [6.45, 7) is 6.94. The minimum atomic E-state index is -0.454. The van der Waals surface area contributed by atoms with Crippen LogP contribution >= 0.6 is 0 Å². The van der Waals surface area contributed by atoms with E-state index in [2.05, 4.69) is 12.0 Å². The third kappa shape index (κ3) is 3.23. The molecule has 1 atom stereocenters. The van der Waals surface area contributed by atoms with E-state index in [1.807, 2.05) is 31.6 Å². The van der Waals surface area contributed by atoms with Crippen molar-refractivity contribution in [3.63, 3.8) is 0 Å². The molecule has 1 heterocycles. The number of hydrogen-bond acceptors (Lipinski definition) is 3. The smallest absolute Gasteiger partial charge is 0.0944 e. The molecule has 1 aliphatic carbocycles. The summed E-state index contributed by atoms with van der Waals surface area (Å²) in [7, 11) is 1.94. The number of aryl methyl sites for hydroxylation is 2. The van der Waals surface area contributed by atoms with Gasteiger partial charge in [-0.2, -0.15) is 5.10 Å². The number of nitrogens with zero attached hydrogens (tertiary/aromatic N) is 2. The zero-order valence-electron chi connectivity index (χ0n) is 13.2. The molecule has 1 N–H and O–H groups in total. The van der Waals surface area contributed by atoms with E-state index < -0.39 is 6.10 Å². The maximum Gasteiger partial charge on any atom is 0.0944 e. The molecule has 2 rings (SSSR count). The quantitative estimate of drug-likeness (QED) is 0.902. The lowest BCUT2D eigenvalue weighted by atomic mass is 9.75. The van der Waals surface area contributed by atoms with E-state index in [9.17, 15) is 5.11 Å². The first-order valence-corrected chi connectivity index (χ1v) is 7.78. The summed E-state index contributed by atoms with van der Waals surface area (Å²) in [4.78, 5) is 0. The molecule has 1 unspecified atom stereocenters. The molecular weight excluding hydrogens is 252 g/mol. The zero-order valence-corrected chi connectivity index (χ0v) is 13.2. The minimum Gasteiger partial charge on any atom is -0.390 e. The standard InChI is InChI=1S/C16H28N2O2/c1-5-20-16(8-6-12(2)7-9-16)15(19)11-14-10-13(3)17-18(14)4/h10,12,15,19H,5-9,11H2,1-4H3. The molecular formula is C16H28N2O2. The van der Waals surface area contributed by atoms with Gasteiger partial charge in [0.1, 0.15) is 0 Å². The predicted molar refractivity (Wildman–Crippen MR) is 79.6 cm³/mol. The van der Waals surface area contributed by atoms with Crippen LogP contribution in [-0.4, -0.2) is 33.2 Å². The second kappa shape index (κ2) is 6.27. The van der Waals surface area contributed by atoms with E-state index in [-0.39, 0.29) is 5.60 Å². The lowest BCUT2D eigenvalue weighted by Gasteiger charge is -2.42. The maximum absolute atomic E-state index is 10.8. The SMILES string of the molecule is CCOC1(C(O)Cc2cc(C)nn2C)CCC(C)CC1. The van der Waals surface area contributed by atoms with Gasteiger partial charge < -0.3 is 9.84 Å². The van der Waals surface area contributed by atoms with Gasteiger partial charge in [0, 0.05) is 25.8 Å². The first-order chi connectivity index (χ1) is 9.47. The monoisotopic (exact) mass is 280 g/mol. The van der Waals surface area contributed by atoms with Gasteiger partial charge in [-0.3, -0.25) is 4.68 Å². The van der Waals surface area contributed by atoms with Crippen molar-refractivity contribution in [1.29, 1.82) is 0 Å². The van der Waals surface area contributed by atoms with Crippen LogP contribution < -0.4 is 0 Å². The van der Waals surface area contributed by atoms with Crippen LogP contribution in [-0.2, 0) is 18.2 Å². The van der Waals surface area contributed by atoms with Gasteiger partial charge in [-0.05, 0) is 51.5 Å². The molecule has 0 saturated heterocycles. The van der Waals surface area contributed by atoms with Crippen LogP contribution in [0.3, 0.4) is 0 Å². The summed E-state index contributed by atoms with van der Waals surface area (Å²) < 4.78 is 7.88. The second-order valence-corrected chi connectivity index (χ2v) is 6.30. The van der Waals surface area contributed by atoms with Crippen molar-refractivity contribution in [3.8, 4) is 0 Å². The normalized spacial score (nSPS) is 28.6. The Morgan fingerprint density at radius 3 is 2.65 bits per heavy atom. The predicted octanol–water partition coefficient (Wildman–Crippen LogP) is 2.62. The molecule has 0 aliphatic heterocycles. The molecule has 1 aliphatic rings. The Balaban J connectivity index is 2.11. The average Bonchev–Trinajstić information content (AvgIpc) is 2.71. The van der Waals surface area contributed by atoms with Crippen LogP contribution in [0.2, 0.25) is 0 Å². The van der Waals surface area contributed by atoms with Crippen LogP contribution in [0.5, 0.6) is 0 Å². The molecule has 4 nitrogen and oxygen atoms in total. The lowest BCUT2D eigenvalue weighted by Crippen LogP contribution is -2.48. The highest BCUT2D eigenvalue weighted by Crippen LogP contribution is 2.38. The highest BCUT2D eigenvalue weighted by molar-refractivity contribution is 5.11. The Hall–Kier alpha value is -0.870. The van der Waals surface area contributed by atoms with Crippen molar-refractivity contribution in [2.75, 3.05) is 6.61 Å². The number of rotatable bonds is 5. The zero-order chi connectivity index (χ0) is 14.8. The molecule has 0 amide bonds. The van der Waals surface area contributed by atoms with Crippen molar-refractivity contribution < 1.29 is 9.84 Å². The molecule has 1 saturated carbocycles. The van der Waals surface area contributed by atoms with Crippen molar-refractivity contribution in [2.24, 2.45) is 13.0 Å². The molecule has 0 spiro atoms. The Labute approximate surface area is 122 Å². The lowest BCUT2D eigenvalue weighted by molar-refractivity contribution is -0.143. The van der Waals surface area contributed by atoms with Gasteiger partial charge in [-0.15, -0.1) is 0 Å². The first kappa shape index (κ1) is 15.5. The third-order valence-electron chi connectivity index (χ3n) is 4.66. The van der Waals surface area contributed by atoms with Gasteiger partial charge in [0.2, 0.25) is 0 Å². The second-order valence-electron chi connectivity index (χ2n) is 6.30. The Bertz CT molecular complexity index is 434. The highest BCUT2D eigenvalue weighted by atomic mass is 16.5. The maximum atomic E-state index is 10.8. The van der Waals surface area contributed by atoms with Crippen LogP contribution in [0.1, 0.15) is 50.9 Å². The molecule has 1 fully saturated rings. The Morgan fingerprint density at radius 1 is 1.50 bits per heavy atom. The van der Waals surface area contributed by atoms with Gasteiger partial charge in [-0.25, -0.2) is 0 Å². The Morgan fingerprint density at radius 2 is 2.15 bits per heavy atom. The Kier molecular flexibility index (Phi) is 4.86. The van der Waals surface area contributed by atoms with E-state index in [1.165, 1.54) is 0 Å². The van der Waals surface area contributed by atoms with Gasteiger partial charge >= 0.3 is 0 Å². The fraction of sp³-hybridized carbons (Fsp3) is 0.812. The topological polar surface area (TPSA) is 47.3 Å². The van der Waals surface area contributed by atoms with Gasteiger partial charge in [0.05, 0.1) is 17.4 Å². The first-order valence-electron chi connectivity index (χ1n) is 7.78. The van der Waals surface area contributed by atoms with Crippen LogP contribution in [0, 0.1) is 12.8 Å². The molecule has 1 aromatic rings. The highest BCUT2D eigenvalue weighted by Gasteiger charge is 2.41.